The number of aryl methyl sites for hydroxylation is 1. The van der Waals surface area contributed by atoms with Gasteiger partial charge >= 0.3 is 0 Å². The van der Waals surface area contributed by atoms with Gasteiger partial charge in [-0.1, -0.05) is 6.07 Å². The van der Waals surface area contributed by atoms with Crippen LogP contribution in [-0.2, 0) is 31.1 Å². The summed E-state index contributed by atoms with van der Waals surface area (Å²) in [5, 5.41) is 6.71. The highest BCUT2D eigenvalue weighted by molar-refractivity contribution is 5.78. The lowest BCUT2D eigenvalue weighted by atomic mass is 9.81. The van der Waals surface area contributed by atoms with Crippen molar-refractivity contribution in [3.63, 3.8) is 0 Å². The van der Waals surface area contributed by atoms with E-state index in [0.717, 1.165) is 35.8 Å². The first-order chi connectivity index (χ1) is 17.5. The Morgan fingerprint density at radius 2 is 1.97 bits per heavy atom. The van der Waals surface area contributed by atoms with Crippen LogP contribution in [0.2, 0.25) is 0 Å². The number of carbonyl (C=O) groups excluding carboxylic acids is 1. The molecule has 1 N–H and O–H groups in total. The van der Waals surface area contributed by atoms with Gasteiger partial charge in [-0.25, -0.2) is 22.8 Å². The van der Waals surface area contributed by atoms with E-state index in [-0.39, 0.29) is 29.8 Å². The van der Waals surface area contributed by atoms with Gasteiger partial charge in [0, 0.05) is 63.4 Å². The van der Waals surface area contributed by atoms with Crippen molar-refractivity contribution in [3.05, 3.63) is 41.1 Å². The van der Waals surface area contributed by atoms with E-state index >= 15 is 4.39 Å². The first-order valence-corrected chi connectivity index (χ1v) is 12.9. The molecule has 4 rings (SSSR count). The van der Waals surface area contributed by atoms with E-state index in [4.69, 9.17) is 4.74 Å². The Morgan fingerprint density at radius 3 is 2.65 bits per heavy atom. The van der Waals surface area contributed by atoms with Gasteiger partial charge in [0.25, 0.3) is 5.92 Å². The topological polar surface area (TPSA) is 72.3 Å². The Morgan fingerprint density at radius 1 is 1.24 bits per heavy atom. The third kappa shape index (κ3) is 7.66. The number of fused-ring (bicyclic) bond motifs is 1. The van der Waals surface area contributed by atoms with Crippen LogP contribution in [0.15, 0.2) is 18.3 Å². The van der Waals surface area contributed by atoms with E-state index in [1.54, 1.807) is 6.07 Å². The molecule has 1 fully saturated rings. The molecule has 0 saturated heterocycles. The quantitative estimate of drug-likeness (QED) is 0.505. The molecule has 2 aliphatic rings. The Balaban J connectivity index is 1.20. The summed E-state index contributed by atoms with van der Waals surface area (Å²) in [6.07, 6.45) is 4.94. The average molecular weight is 526 g/mol. The van der Waals surface area contributed by atoms with E-state index in [1.807, 2.05) is 6.07 Å². The number of amides is 1. The molecule has 0 bridgehead atoms. The van der Waals surface area contributed by atoms with Gasteiger partial charge in [-0.05, 0) is 44.1 Å². The van der Waals surface area contributed by atoms with Crippen molar-refractivity contribution in [2.24, 2.45) is 7.05 Å². The molecule has 7 nitrogen and oxygen atoms in total. The Bertz CT molecular complexity index is 1080. The fourth-order valence-corrected chi connectivity index (χ4v) is 5.04. The van der Waals surface area contributed by atoms with Gasteiger partial charge in [0.2, 0.25) is 17.7 Å². The minimum Gasteiger partial charge on any atom is -0.471 e. The smallest absolute Gasteiger partial charge is 0.278 e. The molecule has 204 valence electrons. The zero-order valence-electron chi connectivity index (χ0n) is 21.4. The molecule has 0 unspecified atom stereocenters. The van der Waals surface area contributed by atoms with Crippen LogP contribution < -0.4 is 10.1 Å². The predicted octanol–water partition coefficient (Wildman–Crippen LogP) is 3.79. The van der Waals surface area contributed by atoms with Crippen molar-refractivity contribution in [1.82, 2.24) is 25.0 Å². The third-order valence-electron chi connectivity index (χ3n) is 7.29. The standard InChI is InChI=1S/C26H35F4N5O2/c1-25(28,29)17-37-23-4-3-18-7-12-35(13-8-21(18)33-23)14-11-26(30)9-5-20(6-10-26)32-22(36)15-19-16-31-34(2)24(19)27/h3-4,16,20H,5-15,17H2,1-2H3,(H,32,36). The highest BCUT2D eigenvalue weighted by atomic mass is 19.3. The van der Waals surface area contributed by atoms with Crippen LogP contribution >= 0.6 is 0 Å². The number of nitrogens with zero attached hydrogens (tertiary/aromatic N) is 4. The highest BCUT2D eigenvalue weighted by Gasteiger charge is 2.36. The molecule has 2 aromatic heterocycles. The zero-order valence-corrected chi connectivity index (χ0v) is 21.4. The normalized spacial score (nSPS) is 22.8. The summed E-state index contributed by atoms with van der Waals surface area (Å²) in [5.74, 6) is -3.52. The second-order valence-corrected chi connectivity index (χ2v) is 10.5. The lowest BCUT2D eigenvalue weighted by molar-refractivity contribution is -0.121. The van der Waals surface area contributed by atoms with Gasteiger partial charge in [0.15, 0.2) is 6.61 Å². The van der Waals surface area contributed by atoms with E-state index < -0.39 is 24.1 Å². The lowest BCUT2D eigenvalue weighted by Crippen LogP contribution is -2.43. The molecule has 3 heterocycles. The monoisotopic (exact) mass is 525 g/mol. The van der Waals surface area contributed by atoms with Crippen LogP contribution in [0.25, 0.3) is 0 Å². The van der Waals surface area contributed by atoms with Crippen LogP contribution in [0, 0.1) is 5.95 Å². The molecule has 2 aromatic rings. The van der Waals surface area contributed by atoms with E-state index in [2.05, 4.69) is 20.3 Å². The molecule has 1 saturated carbocycles. The molecule has 0 atom stereocenters. The maximum atomic E-state index is 15.5. The number of aromatic nitrogens is 3. The van der Waals surface area contributed by atoms with E-state index in [0.29, 0.717) is 51.6 Å². The van der Waals surface area contributed by atoms with Crippen LogP contribution in [0.5, 0.6) is 5.88 Å². The summed E-state index contributed by atoms with van der Waals surface area (Å²) in [4.78, 5) is 18.9. The summed E-state index contributed by atoms with van der Waals surface area (Å²) in [6, 6.07) is 3.39. The Hall–Kier alpha value is -2.69. The molecule has 0 radical (unpaired) electrons. The molecule has 1 amide bonds. The number of alkyl halides is 3. The lowest BCUT2D eigenvalue weighted by Gasteiger charge is -2.35. The largest absolute Gasteiger partial charge is 0.471 e. The Labute approximate surface area is 214 Å². The van der Waals surface area contributed by atoms with Gasteiger partial charge in [0.1, 0.15) is 5.67 Å². The number of halogens is 4. The molecule has 11 heteroatoms. The van der Waals surface area contributed by atoms with Crippen molar-refractivity contribution in [3.8, 4) is 5.88 Å². The minimum atomic E-state index is -2.92. The van der Waals surface area contributed by atoms with Crippen molar-refractivity contribution in [1.29, 1.82) is 0 Å². The van der Waals surface area contributed by atoms with Crippen molar-refractivity contribution in [2.75, 3.05) is 26.2 Å². The fourth-order valence-electron chi connectivity index (χ4n) is 5.04. The second-order valence-electron chi connectivity index (χ2n) is 10.5. The SMILES string of the molecule is Cn1ncc(CC(=O)NC2CCC(F)(CCN3CCc4ccc(OCC(C)(F)F)nc4CC3)CC2)c1F. The third-order valence-corrected chi connectivity index (χ3v) is 7.29. The van der Waals surface area contributed by atoms with Crippen LogP contribution in [0.4, 0.5) is 17.6 Å². The van der Waals surface area contributed by atoms with Crippen LogP contribution in [-0.4, -0.2) is 69.4 Å². The van der Waals surface area contributed by atoms with Crippen LogP contribution in [0.3, 0.4) is 0 Å². The zero-order chi connectivity index (χ0) is 26.6. The highest BCUT2D eigenvalue weighted by Crippen LogP contribution is 2.35. The summed E-state index contributed by atoms with van der Waals surface area (Å²) < 4.78 is 61.8. The molecule has 1 aliphatic carbocycles. The Kier molecular flexibility index (Phi) is 8.40. The maximum Gasteiger partial charge on any atom is 0.278 e. The summed E-state index contributed by atoms with van der Waals surface area (Å²) in [6.45, 7) is 2.21. The average Bonchev–Trinajstić information content (AvgIpc) is 3.04. The molecular formula is C26H35F4N5O2. The maximum absolute atomic E-state index is 15.5. The van der Waals surface area contributed by atoms with Gasteiger partial charge in [-0.2, -0.15) is 9.49 Å². The molecule has 0 aromatic carbocycles. The summed E-state index contributed by atoms with van der Waals surface area (Å²) in [5.41, 5.74) is 0.879. The van der Waals surface area contributed by atoms with Crippen molar-refractivity contribution < 1.29 is 27.1 Å². The van der Waals surface area contributed by atoms with E-state index in [1.165, 1.54) is 13.2 Å². The van der Waals surface area contributed by atoms with Gasteiger partial charge < -0.3 is 15.0 Å². The number of carbonyl (C=O) groups is 1. The predicted molar refractivity (Wildman–Crippen MR) is 130 cm³/mol. The molecule has 0 spiro atoms. The van der Waals surface area contributed by atoms with Crippen LogP contribution in [0.1, 0.15) is 55.8 Å². The molecule has 37 heavy (non-hydrogen) atoms. The fraction of sp³-hybridized carbons (Fsp3) is 0.654. The first-order valence-electron chi connectivity index (χ1n) is 12.9. The first kappa shape index (κ1) is 27.3. The van der Waals surface area contributed by atoms with Crippen molar-refractivity contribution >= 4 is 5.91 Å². The second kappa shape index (κ2) is 11.4. The number of ether oxygens (including phenoxy) is 1. The van der Waals surface area contributed by atoms with Crippen molar-refractivity contribution in [2.45, 2.75) is 75.9 Å². The summed E-state index contributed by atoms with van der Waals surface area (Å²) >= 11 is 0. The number of rotatable bonds is 9. The van der Waals surface area contributed by atoms with Gasteiger partial charge in [0.05, 0.1) is 12.6 Å². The summed E-state index contributed by atoms with van der Waals surface area (Å²) in [7, 11) is 1.48. The number of hydrogen-bond donors (Lipinski definition) is 1. The van der Waals surface area contributed by atoms with Gasteiger partial charge in [-0.3, -0.25) is 4.79 Å². The molecular weight excluding hydrogens is 490 g/mol. The number of hydrogen-bond acceptors (Lipinski definition) is 5. The number of pyridine rings is 1. The number of nitrogens with one attached hydrogen (secondary N) is 1. The van der Waals surface area contributed by atoms with E-state index in [9.17, 15) is 18.0 Å². The van der Waals surface area contributed by atoms with Gasteiger partial charge in [-0.15, -0.1) is 0 Å². The minimum absolute atomic E-state index is 0.0815. The molecule has 1 aliphatic heterocycles.